The summed E-state index contributed by atoms with van der Waals surface area (Å²) in [6.07, 6.45) is 0. The maximum absolute atomic E-state index is 5.98. The Labute approximate surface area is 137 Å². The minimum atomic E-state index is -0.149. The van der Waals surface area contributed by atoms with Crippen LogP contribution in [0.1, 0.15) is 28.5 Å². The molecule has 0 aliphatic rings. The minimum Gasteiger partial charge on any atom is -0.459 e. The van der Waals surface area contributed by atoms with E-state index in [2.05, 4.69) is 72.2 Å². The molecule has 2 aromatic carbocycles. The standard InChI is InChI=1S/C17H17IN2O/c1-10-6-7-14-12(8-10)9-15(21-14)17(20-19)13-5-3-4-11(2)16(13)18/h3-9,17,20H,19H2,1-2H3. The minimum absolute atomic E-state index is 0.149. The summed E-state index contributed by atoms with van der Waals surface area (Å²) >= 11 is 2.36. The van der Waals surface area contributed by atoms with Crippen LogP contribution >= 0.6 is 22.6 Å². The summed E-state index contributed by atoms with van der Waals surface area (Å²) in [7, 11) is 0. The van der Waals surface area contributed by atoms with Crippen molar-refractivity contribution in [2.75, 3.05) is 0 Å². The number of fused-ring (bicyclic) bond motifs is 1. The molecule has 3 rings (SSSR count). The van der Waals surface area contributed by atoms with Gasteiger partial charge in [0.1, 0.15) is 17.4 Å². The van der Waals surface area contributed by atoms with Crippen LogP contribution in [0.3, 0.4) is 0 Å². The van der Waals surface area contributed by atoms with Gasteiger partial charge in [0.2, 0.25) is 0 Å². The predicted octanol–water partition coefficient (Wildman–Crippen LogP) is 4.21. The summed E-state index contributed by atoms with van der Waals surface area (Å²) in [5.41, 5.74) is 7.36. The van der Waals surface area contributed by atoms with E-state index >= 15 is 0 Å². The van der Waals surface area contributed by atoms with Gasteiger partial charge in [0.05, 0.1) is 0 Å². The summed E-state index contributed by atoms with van der Waals surface area (Å²) in [6.45, 7) is 4.18. The van der Waals surface area contributed by atoms with E-state index in [4.69, 9.17) is 10.3 Å². The molecule has 1 unspecified atom stereocenters. The summed E-state index contributed by atoms with van der Waals surface area (Å²) < 4.78 is 7.18. The Morgan fingerprint density at radius 1 is 1.14 bits per heavy atom. The molecule has 0 spiro atoms. The second-order valence-corrected chi connectivity index (χ2v) is 6.35. The molecule has 1 aromatic heterocycles. The van der Waals surface area contributed by atoms with Gasteiger partial charge in [-0.15, -0.1) is 0 Å². The Morgan fingerprint density at radius 3 is 2.71 bits per heavy atom. The van der Waals surface area contributed by atoms with Crippen LogP contribution in [0.2, 0.25) is 0 Å². The lowest BCUT2D eigenvalue weighted by molar-refractivity contribution is 0.476. The lowest BCUT2D eigenvalue weighted by atomic mass is 10.0. The number of benzene rings is 2. The fourth-order valence-electron chi connectivity index (χ4n) is 2.54. The molecule has 0 amide bonds. The fraction of sp³-hybridized carbons (Fsp3) is 0.176. The number of furan rings is 1. The van der Waals surface area contributed by atoms with E-state index in [1.807, 2.05) is 12.1 Å². The van der Waals surface area contributed by atoms with Crippen molar-refractivity contribution in [1.29, 1.82) is 0 Å². The van der Waals surface area contributed by atoms with E-state index in [1.165, 1.54) is 14.7 Å². The Kier molecular flexibility index (Phi) is 4.01. The number of rotatable bonds is 3. The van der Waals surface area contributed by atoms with Gasteiger partial charge in [-0.3, -0.25) is 5.84 Å². The van der Waals surface area contributed by atoms with Crippen LogP contribution < -0.4 is 11.3 Å². The molecule has 21 heavy (non-hydrogen) atoms. The molecule has 0 saturated heterocycles. The quantitative estimate of drug-likeness (QED) is 0.399. The summed E-state index contributed by atoms with van der Waals surface area (Å²) in [6, 6.07) is 14.3. The van der Waals surface area contributed by atoms with Gasteiger partial charge in [0.15, 0.2) is 0 Å². The van der Waals surface area contributed by atoms with Crippen molar-refractivity contribution in [3.8, 4) is 0 Å². The number of nitrogens with two attached hydrogens (primary N) is 1. The lowest BCUT2D eigenvalue weighted by Crippen LogP contribution is -2.29. The lowest BCUT2D eigenvalue weighted by Gasteiger charge is -2.16. The zero-order chi connectivity index (χ0) is 15.0. The molecule has 0 aliphatic carbocycles. The number of hydrazine groups is 1. The van der Waals surface area contributed by atoms with Crippen molar-refractivity contribution in [3.63, 3.8) is 0 Å². The van der Waals surface area contributed by atoms with Crippen molar-refractivity contribution in [2.24, 2.45) is 5.84 Å². The average molecular weight is 392 g/mol. The van der Waals surface area contributed by atoms with Gasteiger partial charge in [0.25, 0.3) is 0 Å². The number of halogens is 1. The number of aryl methyl sites for hydroxylation is 2. The van der Waals surface area contributed by atoms with Crippen LogP contribution in [0.15, 0.2) is 46.9 Å². The molecule has 0 fully saturated rings. The molecule has 1 atom stereocenters. The van der Waals surface area contributed by atoms with Gasteiger partial charge in [-0.05, 0) is 65.8 Å². The fourth-order valence-corrected chi connectivity index (χ4v) is 3.21. The first-order valence-corrected chi connectivity index (χ1v) is 7.89. The van der Waals surface area contributed by atoms with E-state index in [0.717, 1.165) is 22.3 Å². The van der Waals surface area contributed by atoms with Gasteiger partial charge in [-0.25, -0.2) is 5.43 Å². The SMILES string of the molecule is Cc1ccc2oc(C(NN)c3cccc(C)c3I)cc2c1. The smallest absolute Gasteiger partial charge is 0.134 e. The highest BCUT2D eigenvalue weighted by molar-refractivity contribution is 14.1. The Balaban J connectivity index is 2.11. The monoisotopic (exact) mass is 392 g/mol. The molecule has 0 bridgehead atoms. The summed E-state index contributed by atoms with van der Waals surface area (Å²) in [5, 5.41) is 1.10. The van der Waals surface area contributed by atoms with Crippen molar-refractivity contribution < 1.29 is 4.42 Å². The molecule has 0 saturated carbocycles. The molecular formula is C17H17IN2O. The van der Waals surface area contributed by atoms with Crippen molar-refractivity contribution >= 4 is 33.6 Å². The third-order valence-electron chi connectivity index (χ3n) is 3.67. The van der Waals surface area contributed by atoms with Gasteiger partial charge >= 0.3 is 0 Å². The third kappa shape index (κ3) is 2.71. The van der Waals surface area contributed by atoms with E-state index < -0.39 is 0 Å². The molecule has 1 heterocycles. The van der Waals surface area contributed by atoms with Gasteiger partial charge < -0.3 is 4.42 Å². The maximum atomic E-state index is 5.98. The van der Waals surface area contributed by atoms with Crippen molar-refractivity contribution in [3.05, 3.63) is 68.5 Å². The first-order valence-electron chi connectivity index (χ1n) is 6.81. The second-order valence-electron chi connectivity index (χ2n) is 5.27. The second kappa shape index (κ2) is 5.79. The van der Waals surface area contributed by atoms with Gasteiger partial charge in [-0.1, -0.05) is 29.8 Å². The maximum Gasteiger partial charge on any atom is 0.134 e. The molecule has 0 aliphatic heterocycles. The first kappa shape index (κ1) is 14.6. The van der Waals surface area contributed by atoms with E-state index in [-0.39, 0.29) is 6.04 Å². The largest absolute Gasteiger partial charge is 0.459 e. The zero-order valence-electron chi connectivity index (χ0n) is 12.0. The predicted molar refractivity (Wildman–Crippen MR) is 94.0 cm³/mol. The van der Waals surface area contributed by atoms with Gasteiger partial charge in [0, 0.05) is 8.96 Å². The highest BCUT2D eigenvalue weighted by atomic mass is 127. The molecule has 3 N–H and O–H groups in total. The van der Waals surface area contributed by atoms with Crippen LogP contribution in [0.5, 0.6) is 0 Å². The molecular weight excluding hydrogens is 375 g/mol. The first-order chi connectivity index (χ1) is 10.1. The summed E-state index contributed by atoms with van der Waals surface area (Å²) in [4.78, 5) is 0. The van der Waals surface area contributed by atoms with Crippen LogP contribution in [0, 0.1) is 17.4 Å². The number of hydrogen-bond donors (Lipinski definition) is 2. The van der Waals surface area contributed by atoms with Crippen molar-refractivity contribution in [2.45, 2.75) is 19.9 Å². The van der Waals surface area contributed by atoms with Crippen LogP contribution in [0.25, 0.3) is 11.0 Å². The molecule has 3 nitrogen and oxygen atoms in total. The topological polar surface area (TPSA) is 51.2 Å². The molecule has 3 aromatic rings. The summed E-state index contributed by atoms with van der Waals surface area (Å²) in [5.74, 6) is 6.63. The Hall–Kier alpha value is -1.37. The number of hydrogen-bond acceptors (Lipinski definition) is 3. The average Bonchev–Trinajstić information content (AvgIpc) is 2.87. The van der Waals surface area contributed by atoms with Crippen LogP contribution in [-0.2, 0) is 0 Å². The highest BCUT2D eigenvalue weighted by Gasteiger charge is 2.20. The Morgan fingerprint density at radius 2 is 1.95 bits per heavy atom. The Bertz CT molecular complexity index is 795. The van der Waals surface area contributed by atoms with E-state index in [1.54, 1.807) is 0 Å². The normalized spacial score (nSPS) is 12.8. The van der Waals surface area contributed by atoms with Crippen LogP contribution in [0.4, 0.5) is 0 Å². The third-order valence-corrected chi connectivity index (χ3v) is 5.15. The number of nitrogens with one attached hydrogen (secondary N) is 1. The van der Waals surface area contributed by atoms with Crippen molar-refractivity contribution in [1.82, 2.24) is 5.43 Å². The zero-order valence-corrected chi connectivity index (χ0v) is 14.1. The van der Waals surface area contributed by atoms with Gasteiger partial charge in [-0.2, -0.15) is 0 Å². The molecule has 108 valence electrons. The molecule has 4 heteroatoms. The highest BCUT2D eigenvalue weighted by Crippen LogP contribution is 2.31. The molecule has 0 radical (unpaired) electrons. The van der Waals surface area contributed by atoms with Crippen LogP contribution in [-0.4, -0.2) is 0 Å². The van der Waals surface area contributed by atoms with E-state index in [9.17, 15) is 0 Å². The van der Waals surface area contributed by atoms with E-state index in [0.29, 0.717) is 0 Å².